The van der Waals surface area contributed by atoms with Gasteiger partial charge in [-0.1, -0.05) is 30.3 Å². The summed E-state index contributed by atoms with van der Waals surface area (Å²) in [5.74, 6) is 0.378. The minimum atomic E-state index is -0.287. The molecule has 0 aliphatic heterocycles. The third-order valence-corrected chi connectivity index (χ3v) is 5.35. The first kappa shape index (κ1) is 16.9. The Hall–Kier alpha value is -3.28. The molecule has 2 aromatic carbocycles. The molecule has 1 unspecified atom stereocenters. The van der Waals surface area contributed by atoms with Crippen LogP contribution in [0.25, 0.3) is 10.9 Å². The van der Waals surface area contributed by atoms with Crippen molar-refractivity contribution in [1.29, 1.82) is 0 Å². The minimum Gasteiger partial charge on any atom is -0.363 e. The van der Waals surface area contributed by atoms with Crippen LogP contribution in [-0.2, 0) is 13.0 Å². The number of benzene rings is 2. The lowest BCUT2D eigenvalue weighted by molar-refractivity contribution is 0.556. The SMILES string of the molecule is Fc1ccc2ncnc(NC3CCCc4c3cnn4Cc3ccccc3)c2c1. The van der Waals surface area contributed by atoms with Gasteiger partial charge in [0, 0.05) is 16.6 Å². The maximum atomic E-state index is 13.7. The van der Waals surface area contributed by atoms with Crippen LogP contribution in [0.15, 0.2) is 61.1 Å². The van der Waals surface area contributed by atoms with Gasteiger partial charge in [-0.25, -0.2) is 14.4 Å². The van der Waals surface area contributed by atoms with E-state index in [0.29, 0.717) is 11.2 Å². The van der Waals surface area contributed by atoms with Crippen LogP contribution >= 0.6 is 0 Å². The van der Waals surface area contributed by atoms with Crippen LogP contribution in [0.5, 0.6) is 0 Å². The number of anilines is 1. The summed E-state index contributed by atoms with van der Waals surface area (Å²) in [6.45, 7) is 0.768. The molecule has 6 heteroatoms. The highest BCUT2D eigenvalue weighted by molar-refractivity contribution is 5.88. The Morgan fingerprint density at radius 3 is 2.89 bits per heavy atom. The molecule has 5 rings (SSSR count). The van der Waals surface area contributed by atoms with Gasteiger partial charge in [-0.3, -0.25) is 4.68 Å². The highest BCUT2D eigenvalue weighted by Crippen LogP contribution is 2.34. The van der Waals surface area contributed by atoms with Gasteiger partial charge in [-0.2, -0.15) is 5.10 Å². The molecular formula is C22H20FN5. The van der Waals surface area contributed by atoms with Crippen molar-refractivity contribution in [3.05, 3.63) is 83.7 Å². The average Bonchev–Trinajstić information content (AvgIpc) is 3.13. The molecule has 1 aliphatic rings. The Kier molecular flexibility index (Phi) is 4.24. The lowest BCUT2D eigenvalue weighted by atomic mass is 9.92. The fourth-order valence-corrected chi connectivity index (χ4v) is 3.97. The largest absolute Gasteiger partial charge is 0.363 e. The smallest absolute Gasteiger partial charge is 0.137 e. The van der Waals surface area contributed by atoms with E-state index < -0.39 is 0 Å². The van der Waals surface area contributed by atoms with E-state index in [1.165, 1.54) is 35.3 Å². The van der Waals surface area contributed by atoms with Crippen molar-refractivity contribution in [3.8, 4) is 0 Å². The molecule has 0 saturated heterocycles. The quantitative estimate of drug-likeness (QED) is 0.572. The average molecular weight is 373 g/mol. The first-order valence-electron chi connectivity index (χ1n) is 9.53. The highest BCUT2D eigenvalue weighted by Gasteiger charge is 2.25. The highest BCUT2D eigenvalue weighted by atomic mass is 19.1. The summed E-state index contributed by atoms with van der Waals surface area (Å²) in [4.78, 5) is 8.61. The molecule has 0 amide bonds. The second kappa shape index (κ2) is 7.03. The van der Waals surface area contributed by atoms with Crippen LogP contribution < -0.4 is 5.32 Å². The number of halogens is 1. The number of aromatic nitrogens is 4. The topological polar surface area (TPSA) is 55.6 Å². The summed E-state index contributed by atoms with van der Waals surface area (Å²) in [6.07, 6.45) is 6.55. The number of hydrogen-bond acceptors (Lipinski definition) is 4. The zero-order valence-electron chi connectivity index (χ0n) is 15.3. The van der Waals surface area contributed by atoms with E-state index in [1.807, 2.05) is 12.3 Å². The van der Waals surface area contributed by atoms with Crippen LogP contribution in [0.3, 0.4) is 0 Å². The van der Waals surface area contributed by atoms with Gasteiger partial charge in [0.1, 0.15) is 18.0 Å². The molecule has 5 nitrogen and oxygen atoms in total. The minimum absolute atomic E-state index is 0.106. The van der Waals surface area contributed by atoms with Gasteiger partial charge in [0.05, 0.1) is 24.3 Å². The van der Waals surface area contributed by atoms with Crippen molar-refractivity contribution in [3.63, 3.8) is 0 Å². The van der Waals surface area contributed by atoms with Crippen LogP contribution in [0.2, 0.25) is 0 Å². The second-order valence-electron chi connectivity index (χ2n) is 7.16. The lowest BCUT2D eigenvalue weighted by Gasteiger charge is -2.25. The van der Waals surface area contributed by atoms with Gasteiger partial charge in [0.25, 0.3) is 0 Å². The predicted octanol–water partition coefficient (Wildman–Crippen LogP) is 4.50. The van der Waals surface area contributed by atoms with Crippen LogP contribution in [-0.4, -0.2) is 19.7 Å². The number of fused-ring (bicyclic) bond motifs is 2. The van der Waals surface area contributed by atoms with E-state index >= 15 is 0 Å². The van der Waals surface area contributed by atoms with Gasteiger partial charge in [-0.15, -0.1) is 0 Å². The summed E-state index contributed by atoms with van der Waals surface area (Å²) in [7, 11) is 0. The normalized spacial score (nSPS) is 16.1. The molecule has 0 fully saturated rings. The summed E-state index contributed by atoms with van der Waals surface area (Å²) in [5.41, 5.74) is 4.43. The molecular weight excluding hydrogens is 353 g/mol. The molecule has 1 N–H and O–H groups in total. The van der Waals surface area contributed by atoms with Gasteiger partial charge >= 0.3 is 0 Å². The molecule has 140 valence electrons. The van der Waals surface area contributed by atoms with Crippen molar-refractivity contribution in [2.45, 2.75) is 31.8 Å². The summed E-state index contributed by atoms with van der Waals surface area (Å²) in [6, 6.07) is 15.1. The molecule has 4 aromatic rings. The van der Waals surface area contributed by atoms with Gasteiger partial charge in [-0.05, 0) is 43.0 Å². The molecule has 28 heavy (non-hydrogen) atoms. The van der Waals surface area contributed by atoms with E-state index in [2.05, 4.69) is 49.3 Å². The Morgan fingerprint density at radius 2 is 2.00 bits per heavy atom. The second-order valence-corrected chi connectivity index (χ2v) is 7.16. The summed E-state index contributed by atoms with van der Waals surface area (Å²) >= 11 is 0. The van der Waals surface area contributed by atoms with Crippen LogP contribution in [0.4, 0.5) is 10.2 Å². The third-order valence-electron chi connectivity index (χ3n) is 5.35. The Morgan fingerprint density at radius 1 is 1.11 bits per heavy atom. The maximum Gasteiger partial charge on any atom is 0.137 e. The van der Waals surface area contributed by atoms with Crippen molar-refractivity contribution in [2.24, 2.45) is 0 Å². The number of nitrogens with one attached hydrogen (secondary N) is 1. The number of rotatable bonds is 4. The molecule has 2 heterocycles. The first-order valence-corrected chi connectivity index (χ1v) is 9.53. The predicted molar refractivity (Wildman–Crippen MR) is 107 cm³/mol. The van der Waals surface area contributed by atoms with E-state index in [9.17, 15) is 4.39 Å². The van der Waals surface area contributed by atoms with E-state index in [1.54, 1.807) is 6.07 Å². The molecule has 0 saturated carbocycles. The van der Waals surface area contributed by atoms with E-state index in [4.69, 9.17) is 0 Å². The fourth-order valence-electron chi connectivity index (χ4n) is 3.97. The van der Waals surface area contributed by atoms with E-state index in [-0.39, 0.29) is 11.9 Å². The van der Waals surface area contributed by atoms with Gasteiger partial charge < -0.3 is 5.32 Å². The van der Waals surface area contributed by atoms with Crippen molar-refractivity contribution >= 4 is 16.7 Å². The third kappa shape index (κ3) is 3.11. The molecule has 0 radical (unpaired) electrons. The van der Waals surface area contributed by atoms with Crippen LogP contribution in [0, 0.1) is 5.82 Å². The zero-order chi connectivity index (χ0) is 18.9. The van der Waals surface area contributed by atoms with E-state index in [0.717, 1.165) is 31.3 Å². The first-order chi connectivity index (χ1) is 13.8. The van der Waals surface area contributed by atoms with Crippen molar-refractivity contribution in [2.75, 3.05) is 5.32 Å². The van der Waals surface area contributed by atoms with Crippen molar-refractivity contribution in [1.82, 2.24) is 19.7 Å². The summed E-state index contributed by atoms with van der Waals surface area (Å²) < 4.78 is 15.8. The van der Waals surface area contributed by atoms with Crippen molar-refractivity contribution < 1.29 is 4.39 Å². The van der Waals surface area contributed by atoms with Gasteiger partial charge in [0.15, 0.2) is 0 Å². The zero-order valence-corrected chi connectivity index (χ0v) is 15.3. The maximum absolute atomic E-state index is 13.7. The molecule has 0 bridgehead atoms. The summed E-state index contributed by atoms with van der Waals surface area (Å²) in [5, 5.41) is 8.86. The molecule has 1 atom stereocenters. The molecule has 1 aliphatic carbocycles. The lowest BCUT2D eigenvalue weighted by Crippen LogP contribution is -2.19. The number of hydrogen-bond donors (Lipinski definition) is 1. The Balaban J connectivity index is 1.46. The standard InChI is InChI=1S/C22H20FN5/c23-16-9-10-19-17(11-16)22(25-14-24-19)27-20-7-4-8-21-18(20)12-26-28(21)13-15-5-2-1-3-6-15/h1-3,5-6,9-12,14,20H,4,7-8,13H2,(H,24,25,27). The Labute approximate surface area is 162 Å². The van der Waals surface area contributed by atoms with Crippen LogP contribution in [0.1, 0.15) is 35.7 Å². The monoisotopic (exact) mass is 373 g/mol. The fraction of sp³-hybridized carbons (Fsp3) is 0.227. The van der Waals surface area contributed by atoms with Gasteiger partial charge in [0.2, 0.25) is 0 Å². The molecule has 0 spiro atoms. The molecule has 2 aromatic heterocycles. The number of nitrogens with zero attached hydrogens (tertiary/aromatic N) is 4. The Bertz CT molecular complexity index is 1120.